The maximum atomic E-state index is 12.5. The van der Waals surface area contributed by atoms with Crippen molar-refractivity contribution in [2.75, 3.05) is 23.4 Å². The van der Waals surface area contributed by atoms with Crippen molar-refractivity contribution in [2.45, 2.75) is 12.0 Å². The molecule has 2 saturated heterocycles. The van der Waals surface area contributed by atoms with Crippen molar-refractivity contribution in [3.05, 3.63) is 33.3 Å². The molecule has 1 spiro atoms. The molecule has 0 unspecified atom stereocenters. The van der Waals surface area contributed by atoms with Crippen molar-refractivity contribution in [2.24, 2.45) is 0 Å². The molecule has 0 aromatic heterocycles. The van der Waals surface area contributed by atoms with Gasteiger partial charge < -0.3 is 10.6 Å². The summed E-state index contributed by atoms with van der Waals surface area (Å²) in [6.07, 6.45) is 0.536. The van der Waals surface area contributed by atoms with Crippen LogP contribution in [0.5, 0.6) is 0 Å². The zero-order chi connectivity index (χ0) is 18.2. The molecule has 0 radical (unpaired) electrons. The minimum Gasteiger partial charge on any atom is -0.323 e. The fourth-order valence-electron chi connectivity index (χ4n) is 2.70. The number of nitrogens with one attached hydrogen (secondary N) is 2. The van der Waals surface area contributed by atoms with Crippen LogP contribution in [0.2, 0.25) is 5.02 Å². The van der Waals surface area contributed by atoms with E-state index in [4.69, 9.17) is 11.6 Å². The minimum atomic E-state index is -0.910. The summed E-state index contributed by atoms with van der Waals surface area (Å²) in [5, 5.41) is 15.8. The first kappa shape index (κ1) is 17.5. The number of non-ortho nitro benzene ring substituents is 1. The first-order valence-corrected chi connectivity index (χ1v) is 8.81. The van der Waals surface area contributed by atoms with Crippen LogP contribution in [0.3, 0.4) is 0 Å². The van der Waals surface area contributed by atoms with E-state index in [1.54, 1.807) is 11.8 Å². The molecule has 0 bridgehead atoms. The fourth-order valence-corrected chi connectivity index (χ4v) is 4.25. The molecule has 2 N–H and O–H groups in total. The quantitative estimate of drug-likeness (QED) is 0.462. The van der Waals surface area contributed by atoms with Crippen molar-refractivity contribution < 1.29 is 19.3 Å². The zero-order valence-corrected chi connectivity index (χ0v) is 14.4. The predicted molar refractivity (Wildman–Crippen MR) is 91.7 cm³/mol. The Balaban J connectivity index is 1.68. The van der Waals surface area contributed by atoms with E-state index in [1.807, 2.05) is 0 Å². The molecule has 2 aliphatic rings. The van der Waals surface area contributed by atoms with E-state index in [0.717, 1.165) is 16.7 Å². The predicted octanol–water partition coefficient (Wildman–Crippen LogP) is 1.61. The Hall–Kier alpha value is -2.33. The van der Waals surface area contributed by atoms with E-state index in [2.05, 4.69) is 10.6 Å². The van der Waals surface area contributed by atoms with Gasteiger partial charge in [-0.25, -0.2) is 4.79 Å². The largest absolute Gasteiger partial charge is 0.325 e. The number of benzene rings is 1. The van der Waals surface area contributed by atoms with Crippen molar-refractivity contribution in [1.29, 1.82) is 0 Å². The summed E-state index contributed by atoms with van der Waals surface area (Å²) in [4.78, 5) is 47.6. The Labute approximate surface area is 151 Å². The third kappa shape index (κ3) is 3.27. The summed E-state index contributed by atoms with van der Waals surface area (Å²) in [5.74, 6) is 0.225. The monoisotopic (exact) mass is 384 g/mol. The lowest BCUT2D eigenvalue weighted by atomic mass is 9.99. The number of anilines is 1. The first-order valence-electron chi connectivity index (χ1n) is 7.28. The highest BCUT2D eigenvalue weighted by molar-refractivity contribution is 7.99. The van der Waals surface area contributed by atoms with Crippen LogP contribution in [0.25, 0.3) is 0 Å². The second-order valence-electron chi connectivity index (χ2n) is 5.68. The van der Waals surface area contributed by atoms with Crippen molar-refractivity contribution in [1.82, 2.24) is 10.2 Å². The van der Waals surface area contributed by atoms with Gasteiger partial charge in [-0.2, -0.15) is 11.8 Å². The number of hydrogen-bond acceptors (Lipinski definition) is 6. The van der Waals surface area contributed by atoms with E-state index < -0.39 is 34.9 Å². The molecule has 11 heteroatoms. The second kappa shape index (κ2) is 6.52. The van der Waals surface area contributed by atoms with E-state index in [9.17, 15) is 24.5 Å². The van der Waals surface area contributed by atoms with Crippen molar-refractivity contribution in [3.8, 4) is 0 Å². The zero-order valence-electron chi connectivity index (χ0n) is 12.8. The van der Waals surface area contributed by atoms with E-state index >= 15 is 0 Å². The SMILES string of the molecule is O=C(CN1C(=O)N[C@@]2(CCSC2)C1=O)Nc1ccc([N+](=O)[O-])cc1Cl. The molecule has 1 atom stereocenters. The summed E-state index contributed by atoms with van der Waals surface area (Å²) in [5.41, 5.74) is -0.958. The minimum absolute atomic E-state index is 0.0107. The van der Waals surface area contributed by atoms with Gasteiger partial charge in [0, 0.05) is 17.9 Å². The molecular weight excluding hydrogens is 372 g/mol. The molecule has 0 aliphatic carbocycles. The number of nitrogens with zero attached hydrogens (tertiary/aromatic N) is 2. The smallest absolute Gasteiger partial charge is 0.323 e. The number of carbonyl (C=O) groups excluding carboxylic acids is 3. The topological polar surface area (TPSA) is 122 Å². The fraction of sp³-hybridized carbons (Fsp3) is 0.357. The molecule has 9 nitrogen and oxygen atoms in total. The molecule has 2 aliphatic heterocycles. The van der Waals surface area contributed by atoms with Gasteiger partial charge in [0.15, 0.2) is 0 Å². The average Bonchev–Trinajstić information content (AvgIpc) is 3.10. The van der Waals surface area contributed by atoms with Gasteiger partial charge in [0.25, 0.3) is 11.6 Å². The van der Waals surface area contributed by atoms with Gasteiger partial charge in [0.1, 0.15) is 12.1 Å². The number of rotatable bonds is 4. The molecule has 25 heavy (non-hydrogen) atoms. The molecule has 1 aromatic carbocycles. The first-order chi connectivity index (χ1) is 11.8. The molecule has 2 heterocycles. The van der Waals surface area contributed by atoms with Gasteiger partial charge in [-0.1, -0.05) is 11.6 Å². The van der Waals surface area contributed by atoms with Gasteiger partial charge in [-0.3, -0.25) is 24.6 Å². The number of carbonyl (C=O) groups is 3. The lowest BCUT2D eigenvalue weighted by Gasteiger charge is -2.19. The molecular formula is C14H13ClN4O5S. The van der Waals surface area contributed by atoms with Crippen LogP contribution >= 0.6 is 23.4 Å². The standard InChI is InChI=1S/C14H13ClN4O5S/c15-9-5-8(19(23)24)1-2-10(9)16-11(20)6-18-12(21)14(17-13(18)22)3-4-25-7-14/h1-2,5H,3-4,6-7H2,(H,16,20)(H,17,22)/t14-/m1/s1. The molecule has 1 aromatic rings. The summed E-state index contributed by atoms with van der Waals surface area (Å²) < 4.78 is 0. The number of thioether (sulfide) groups is 1. The van der Waals surface area contributed by atoms with Gasteiger partial charge in [-0.05, 0) is 18.2 Å². The number of nitro groups is 1. The second-order valence-corrected chi connectivity index (χ2v) is 7.19. The van der Waals surface area contributed by atoms with Gasteiger partial charge in [0.05, 0.1) is 15.6 Å². The summed E-state index contributed by atoms with van der Waals surface area (Å²) >= 11 is 7.48. The molecule has 132 valence electrons. The molecule has 4 amide bonds. The molecule has 0 saturated carbocycles. The Morgan fingerprint density at radius 3 is 2.84 bits per heavy atom. The Kier molecular flexibility index (Phi) is 4.56. The Morgan fingerprint density at radius 1 is 1.48 bits per heavy atom. The Morgan fingerprint density at radius 2 is 2.24 bits per heavy atom. The van der Waals surface area contributed by atoms with E-state index in [0.29, 0.717) is 12.2 Å². The van der Waals surface area contributed by atoms with Crippen molar-refractivity contribution >= 4 is 52.6 Å². The van der Waals surface area contributed by atoms with Crippen molar-refractivity contribution in [3.63, 3.8) is 0 Å². The summed E-state index contributed by atoms with van der Waals surface area (Å²) in [7, 11) is 0. The average molecular weight is 385 g/mol. The maximum absolute atomic E-state index is 12.5. The van der Waals surface area contributed by atoms with Gasteiger partial charge in [0.2, 0.25) is 5.91 Å². The van der Waals surface area contributed by atoms with Gasteiger partial charge >= 0.3 is 6.03 Å². The van der Waals surface area contributed by atoms with Crippen LogP contribution in [0.15, 0.2) is 18.2 Å². The number of hydrogen-bond donors (Lipinski definition) is 2. The number of halogens is 1. The number of amides is 4. The van der Waals surface area contributed by atoms with E-state index in [1.165, 1.54) is 12.1 Å². The molecule has 2 fully saturated rings. The highest BCUT2D eigenvalue weighted by atomic mass is 35.5. The summed E-state index contributed by atoms with van der Waals surface area (Å²) in [6.45, 7) is -0.454. The summed E-state index contributed by atoms with van der Waals surface area (Å²) in [6, 6.07) is 2.99. The third-order valence-electron chi connectivity index (χ3n) is 4.01. The lowest BCUT2D eigenvalue weighted by Crippen LogP contribution is -2.47. The van der Waals surface area contributed by atoms with Crippen LogP contribution in [-0.4, -0.2) is 51.3 Å². The lowest BCUT2D eigenvalue weighted by molar-refractivity contribution is -0.384. The Bertz CT molecular complexity index is 780. The van der Waals surface area contributed by atoms with Gasteiger partial charge in [-0.15, -0.1) is 0 Å². The number of nitro benzene ring substituents is 1. The van der Waals surface area contributed by atoms with Crippen LogP contribution in [0, 0.1) is 10.1 Å². The molecule has 3 rings (SSSR count). The van der Waals surface area contributed by atoms with Crippen LogP contribution in [0.1, 0.15) is 6.42 Å². The number of urea groups is 1. The normalized spacial score (nSPS) is 22.4. The van der Waals surface area contributed by atoms with Crippen LogP contribution < -0.4 is 10.6 Å². The highest BCUT2D eigenvalue weighted by Gasteiger charge is 2.53. The number of imide groups is 1. The maximum Gasteiger partial charge on any atom is 0.325 e. The third-order valence-corrected chi connectivity index (χ3v) is 5.51. The highest BCUT2D eigenvalue weighted by Crippen LogP contribution is 2.33. The van der Waals surface area contributed by atoms with Crippen LogP contribution in [0.4, 0.5) is 16.2 Å². The van der Waals surface area contributed by atoms with Crippen LogP contribution in [-0.2, 0) is 9.59 Å². The van der Waals surface area contributed by atoms with E-state index in [-0.39, 0.29) is 16.4 Å².